The lowest BCUT2D eigenvalue weighted by molar-refractivity contribution is 0.102. The summed E-state index contributed by atoms with van der Waals surface area (Å²) in [5.41, 5.74) is 2.05. The van der Waals surface area contributed by atoms with Gasteiger partial charge in [-0.05, 0) is 38.0 Å². The van der Waals surface area contributed by atoms with Crippen LogP contribution in [0.15, 0.2) is 30.3 Å². The van der Waals surface area contributed by atoms with Gasteiger partial charge in [0.05, 0.1) is 11.3 Å². The van der Waals surface area contributed by atoms with Gasteiger partial charge in [-0.3, -0.25) is 4.79 Å². The van der Waals surface area contributed by atoms with Crippen LogP contribution < -0.4 is 5.32 Å². The summed E-state index contributed by atoms with van der Waals surface area (Å²) < 4.78 is 0. The number of aromatic nitrogens is 2. The molecule has 1 fully saturated rings. The second-order valence-electron chi connectivity index (χ2n) is 5.14. The molecule has 0 atom stereocenters. The zero-order chi connectivity index (χ0) is 14.8. The highest BCUT2D eigenvalue weighted by Crippen LogP contribution is 2.38. The molecule has 2 aromatic rings. The number of nitrogens with one attached hydrogen (secondary N) is 1. The summed E-state index contributed by atoms with van der Waals surface area (Å²) in [5.74, 6) is 0.821. The normalized spacial score (nSPS) is 13.5. The molecule has 104 valence electrons. The van der Waals surface area contributed by atoms with E-state index in [4.69, 9.17) is 5.26 Å². The summed E-state index contributed by atoms with van der Waals surface area (Å²) in [6.07, 6.45) is 2.17. The van der Waals surface area contributed by atoms with Gasteiger partial charge in [0.1, 0.15) is 17.6 Å². The van der Waals surface area contributed by atoms with Crippen molar-refractivity contribution >= 4 is 11.6 Å². The number of hydrogen-bond acceptors (Lipinski definition) is 4. The molecule has 21 heavy (non-hydrogen) atoms. The number of nitriles is 1. The number of anilines is 1. The molecule has 1 amide bonds. The van der Waals surface area contributed by atoms with Crippen molar-refractivity contribution in [3.63, 3.8) is 0 Å². The smallest absolute Gasteiger partial charge is 0.274 e. The zero-order valence-corrected chi connectivity index (χ0v) is 11.6. The molecule has 3 rings (SSSR count). The van der Waals surface area contributed by atoms with Gasteiger partial charge in [-0.15, -0.1) is 0 Å². The number of carbonyl (C=O) groups excluding carboxylic acids is 1. The molecule has 1 saturated carbocycles. The summed E-state index contributed by atoms with van der Waals surface area (Å²) in [7, 11) is 0. The van der Waals surface area contributed by atoms with Crippen LogP contribution in [0.1, 0.15) is 46.3 Å². The van der Waals surface area contributed by atoms with Crippen LogP contribution in [0.25, 0.3) is 0 Å². The molecule has 0 radical (unpaired) electrons. The van der Waals surface area contributed by atoms with Crippen LogP contribution in [0.5, 0.6) is 0 Å². The van der Waals surface area contributed by atoms with Crippen LogP contribution in [0, 0.1) is 18.3 Å². The van der Waals surface area contributed by atoms with Crippen LogP contribution >= 0.6 is 0 Å². The molecule has 1 N–H and O–H groups in total. The fraction of sp³-hybridized carbons (Fsp3) is 0.250. The number of nitrogens with zero attached hydrogens (tertiary/aromatic N) is 3. The second kappa shape index (κ2) is 5.33. The number of hydrogen-bond donors (Lipinski definition) is 1. The molecule has 1 aliphatic rings. The number of rotatable bonds is 3. The molecule has 0 spiro atoms. The summed E-state index contributed by atoms with van der Waals surface area (Å²) in [6.45, 7) is 1.85. The maximum absolute atomic E-state index is 12.3. The Balaban J connectivity index is 1.87. The molecule has 5 heteroatoms. The lowest BCUT2D eigenvalue weighted by atomic mass is 10.2. The van der Waals surface area contributed by atoms with Crippen molar-refractivity contribution in [3.8, 4) is 6.07 Å². The average molecular weight is 278 g/mol. The predicted octanol–water partition coefficient (Wildman–Crippen LogP) is 2.79. The van der Waals surface area contributed by atoms with Crippen LogP contribution in [0.2, 0.25) is 0 Å². The van der Waals surface area contributed by atoms with Crippen molar-refractivity contribution in [2.24, 2.45) is 0 Å². The minimum atomic E-state index is -0.315. The van der Waals surface area contributed by atoms with Crippen molar-refractivity contribution in [1.29, 1.82) is 5.26 Å². The first-order valence-electron chi connectivity index (χ1n) is 6.83. The predicted molar refractivity (Wildman–Crippen MR) is 77.9 cm³/mol. The van der Waals surface area contributed by atoms with Crippen molar-refractivity contribution in [3.05, 3.63) is 53.1 Å². The Morgan fingerprint density at radius 2 is 2.10 bits per heavy atom. The Kier molecular flexibility index (Phi) is 3.36. The van der Waals surface area contributed by atoms with Gasteiger partial charge in [0.25, 0.3) is 5.91 Å². The third-order valence-corrected chi connectivity index (χ3v) is 3.34. The number of amides is 1. The zero-order valence-electron chi connectivity index (χ0n) is 11.6. The van der Waals surface area contributed by atoms with Crippen LogP contribution in [0.4, 0.5) is 5.69 Å². The van der Waals surface area contributed by atoms with Crippen molar-refractivity contribution in [2.75, 3.05) is 5.32 Å². The van der Waals surface area contributed by atoms with E-state index < -0.39 is 0 Å². The summed E-state index contributed by atoms with van der Waals surface area (Å²) in [5, 5.41) is 11.8. The first-order chi connectivity index (χ1) is 10.2. The van der Waals surface area contributed by atoms with Gasteiger partial charge in [-0.25, -0.2) is 9.97 Å². The maximum atomic E-state index is 12.3. The third-order valence-electron chi connectivity index (χ3n) is 3.34. The Morgan fingerprint density at radius 3 is 2.81 bits per heavy atom. The largest absolute Gasteiger partial charge is 0.319 e. The van der Waals surface area contributed by atoms with Gasteiger partial charge in [0.2, 0.25) is 0 Å². The molecule has 1 aliphatic carbocycles. The lowest BCUT2D eigenvalue weighted by Crippen LogP contribution is -2.16. The van der Waals surface area contributed by atoms with E-state index in [2.05, 4.69) is 21.4 Å². The Labute approximate surface area is 122 Å². The molecule has 0 saturated heterocycles. The molecule has 1 heterocycles. The standard InChI is InChI=1S/C16H14N4O/c1-10-8-14(19-15(18-10)11-6-7-11)16(21)20-13-5-3-2-4-12(13)9-17/h2-5,8,11H,6-7H2,1H3,(H,20,21). The Morgan fingerprint density at radius 1 is 1.33 bits per heavy atom. The van der Waals surface area contributed by atoms with Crippen LogP contribution in [-0.4, -0.2) is 15.9 Å². The molecule has 0 unspecified atom stereocenters. The second-order valence-corrected chi connectivity index (χ2v) is 5.14. The maximum Gasteiger partial charge on any atom is 0.274 e. The highest BCUT2D eigenvalue weighted by Gasteiger charge is 2.27. The molecular formula is C16H14N4O. The first kappa shape index (κ1) is 13.3. The summed E-state index contributed by atoms with van der Waals surface area (Å²) >= 11 is 0. The van der Waals surface area contributed by atoms with E-state index in [0.29, 0.717) is 22.9 Å². The lowest BCUT2D eigenvalue weighted by Gasteiger charge is -2.08. The number of aryl methyl sites for hydroxylation is 1. The van der Waals surface area contributed by atoms with Crippen molar-refractivity contribution in [2.45, 2.75) is 25.7 Å². The van der Waals surface area contributed by atoms with Crippen molar-refractivity contribution in [1.82, 2.24) is 9.97 Å². The number of benzene rings is 1. The number of carbonyl (C=O) groups is 1. The minimum Gasteiger partial charge on any atom is -0.319 e. The van der Waals surface area contributed by atoms with E-state index in [1.807, 2.05) is 6.92 Å². The fourth-order valence-electron chi connectivity index (χ4n) is 2.11. The van der Waals surface area contributed by atoms with Crippen LogP contribution in [-0.2, 0) is 0 Å². The quantitative estimate of drug-likeness (QED) is 0.936. The molecule has 0 aliphatic heterocycles. The number of para-hydroxylation sites is 1. The van der Waals surface area contributed by atoms with Gasteiger partial charge in [0, 0.05) is 11.6 Å². The Hall–Kier alpha value is -2.74. The fourth-order valence-corrected chi connectivity index (χ4v) is 2.11. The minimum absolute atomic E-state index is 0.315. The monoisotopic (exact) mass is 278 g/mol. The van der Waals surface area contributed by atoms with Gasteiger partial charge in [0.15, 0.2) is 0 Å². The first-order valence-corrected chi connectivity index (χ1v) is 6.83. The third kappa shape index (κ3) is 2.90. The molecule has 1 aromatic heterocycles. The van der Waals surface area contributed by atoms with Gasteiger partial charge >= 0.3 is 0 Å². The van der Waals surface area contributed by atoms with Gasteiger partial charge in [-0.2, -0.15) is 5.26 Å². The highest BCUT2D eigenvalue weighted by atomic mass is 16.1. The van der Waals surface area contributed by atoms with Gasteiger partial charge in [-0.1, -0.05) is 12.1 Å². The Bertz CT molecular complexity index is 744. The molecular weight excluding hydrogens is 264 g/mol. The van der Waals surface area contributed by atoms with Gasteiger partial charge < -0.3 is 5.32 Å². The molecule has 1 aromatic carbocycles. The average Bonchev–Trinajstić information content (AvgIpc) is 3.32. The van der Waals surface area contributed by atoms with E-state index >= 15 is 0 Å². The van der Waals surface area contributed by atoms with E-state index in [1.165, 1.54) is 0 Å². The molecule has 0 bridgehead atoms. The van der Waals surface area contributed by atoms with Crippen molar-refractivity contribution < 1.29 is 4.79 Å². The highest BCUT2D eigenvalue weighted by molar-refractivity contribution is 6.03. The summed E-state index contributed by atoms with van der Waals surface area (Å²) in [4.78, 5) is 21.0. The van der Waals surface area contributed by atoms with Crippen LogP contribution in [0.3, 0.4) is 0 Å². The summed E-state index contributed by atoms with van der Waals surface area (Å²) in [6, 6.07) is 10.6. The topological polar surface area (TPSA) is 78.7 Å². The van der Waals surface area contributed by atoms with E-state index in [-0.39, 0.29) is 5.91 Å². The van der Waals surface area contributed by atoms with E-state index in [1.54, 1.807) is 30.3 Å². The van der Waals surface area contributed by atoms with E-state index in [9.17, 15) is 4.79 Å². The SMILES string of the molecule is Cc1cc(C(=O)Nc2ccccc2C#N)nc(C2CC2)n1. The van der Waals surface area contributed by atoms with E-state index in [0.717, 1.165) is 24.4 Å². The molecule has 5 nitrogen and oxygen atoms in total.